The average molecular weight is 188 g/mol. The molecule has 1 rings (SSSR count). The Kier molecular flexibility index (Phi) is 3.21. The molecule has 0 spiro atoms. The van der Waals surface area contributed by atoms with Crippen molar-refractivity contribution < 1.29 is 9.53 Å². The van der Waals surface area contributed by atoms with Crippen LogP contribution in [-0.2, 0) is 4.74 Å². The van der Waals surface area contributed by atoms with Gasteiger partial charge in [0, 0.05) is 7.05 Å². The van der Waals surface area contributed by atoms with Crippen molar-refractivity contribution in [3.05, 3.63) is 5.88 Å². The molecule has 0 aromatic heterocycles. The number of alkyl carbamates (subject to hydrolysis) is 1. The molecule has 1 aliphatic rings. The number of hydrogen-bond donors (Lipinski definition) is 1. The molecule has 1 radical (unpaired) electrons. The minimum atomic E-state index is -0.465. The summed E-state index contributed by atoms with van der Waals surface area (Å²) in [4.78, 5) is 10.8. The van der Waals surface area contributed by atoms with E-state index >= 15 is 0 Å². The fourth-order valence-corrected chi connectivity index (χ4v) is 1.24. The number of amidine groups is 1. The summed E-state index contributed by atoms with van der Waals surface area (Å²) in [6.45, 7) is 2.12. The molecule has 0 saturated heterocycles. The van der Waals surface area contributed by atoms with Gasteiger partial charge in [0.2, 0.25) is 0 Å². The Morgan fingerprint density at radius 1 is 1.92 bits per heavy atom. The van der Waals surface area contributed by atoms with Crippen LogP contribution < -0.4 is 5.32 Å². The minimum Gasteiger partial charge on any atom is -0.450 e. The highest BCUT2D eigenvalue weighted by atomic mass is 32.2. The first kappa shape index (κ1) is 9.18. The van der Waals surface area contributed by atoms with Gasteiger partial charge in [-0.05, 0) is 6.92 Å². The second-order valence-electron chi connectivity index (χ2n) is 2.05. The first-order valence-electron chi connectivity index (χ1n) is 3.47. The van der Waals surface area contributed by atoms with Crippen LogP contribution >= 0.6 is 11.8 Å². The summed E-state index contributed by atoms with van der Waals surface area (Å²) in [5, 5.41) is 8.60. The van der Waals surface area contributed by atoms with E-state index in [-0.39, 0.29) is 0 Å². The van der Waals surface area contributed by atoms with Crippen molar-refractivity contribution in [2.24, 2.45) is 5.10 Å². The van der Waals surface area contributed by atoms with Crippen LogP contribution in [0.5, 0.6) is 0 Å². The van der Waals surface area contributed by atoms with Gasteiger partial charge >= 0.3 is 6.09 Å². The number of rotatable bonds is 1. The zero-order valence-electron chi connectivity index (χ0n) is 6.90. The van der Waals surface area contributed by atoms with Gasteiger partial charge in [-0.2, -0.15) is 5.10 Å². The lowest BCUT2D eigenvalue weighted by atomic mass is 10.9. The zero-order chi connectivity index (χ0) is 8.97. The van der Waals surface area contributed by atoms with Gasteiger partial charge < -0.3 is 4.74 Å². The molecular formula is C6H10N3O2S. The van der Waals surface area contributed by atoms with Gasteiger partial charge in [0.25, 0.3) is 0 Å². The Morgan fingerprint density at radius 2 is 2.67 bits per heavy atom. The quantitative estimate of drug-likeness (QED) is 0.661. The maximum absolute atomic E-state index is 10.8. The molecule has 6 heteroatoms. The van der Waals surface area contributed by atoms with E-state index in [0.717, 1.165) is 0 Å². The summed E-state index contributed by atoms with van der Waals surface area (Å²) in [7, 11) is 1.78. The number of hydrogen-bond acceptors (Lipinski definition) is 5. The highest BCUT2D eigenvalue weighted by Crippen LogP contribution is 2.17. The Balaban J connectivity index is 2.31. The molecule has 0 bridgehead atoms. The lowest BCUT2D eigenvalue weighted by Crippen LogP contribution is -2.28. The van der Waals surface area contributed by atoms with Crippen LogP contribution in [-0.4, -0.2) is 29.9 Å². The predicted molar refractivity (Wildman–Crippen MR) is 47.2 cm³/mol. The number of hydrazone groups is 1. The number of ether oxygens (including phenoxy) is 1. The maximum atomic E-state index is 10.8. The van der Waals surface area contributed by atoms with Crippen LogP contribution in [0.3, 0.4) is 0 Å². The Bertz CT molecular complexity index is 207. The highest BCUT2D eigenvalue weighted by molar-refractivity contribution is 8.15. The number of carbonyl (C=O) groups excluding carboxylic acids is 1. The lowest BCUT2D eigenvalue weighted by Gasteiger charge is -2.01. The van der Waals surface area contributed by atoms with Crippen molar-refractivity contribution in [3.8, 4) is 0 Å². The third kappa shape index (κ3) is 2.61. The second-order valence-corrected chi connectivity index (χ2v) is 2.88. The molecule has 0 aromatic carbocycles. The lowest BCUT2D eigenvalue weighted by molar-refractivity contribution is 0.158. The molecule has 0 atom stereocenters. The molecule has 1 N–H and O–H groups in total. The molecular weight excluding hydrogens is 178 g/mol. The van der Waals surface area contributed by atoms with Crippen LogP contribution in [0.25, 0.3) is 0 Å². The Labute approximate surface area is 75.1 Å². The Morgan fingerprint density at radius 3 is 3.17 bits per heavy atom. The van der Waals surface area contributed by atoms with E-state index < -0.39 is 6.09 Å². The number of nitrogens with one attached hydrogen (secondary N) is 1. The molecule has 12 heavy (non-hydrogen) atoms. The number of thioether (sulfide) groups is 1. The van der Waals surface area contributed by atoms with E-state index in [1.54, 1.807) is 24.9 Å². The molecule has 1 aliphatic heterocycles. The number of nitrogens with zero attached hydrogens (tertiary/aromatic N) is 2. The van der Waals surface area contributed by atoms with Gasteiger partial charge in [-0.15, -0.1) is 0 Å². The Hall–Kier alpha value is -0.910. The van der Waals surface area contributed by atoms with Crippen molar-refractivity contribution >= 4 is 23.0 Å². The summed E-state index contributed by atoms with van der Waals surface area (Å²) in [5.41, 5.74) is 0. The maximum Gasteiger partial charge on any atom is 0.413 e. The molecule has 1 amide bonds. The van der Waals surface area contributed by atoms with E-state index in [0.29, 0.717) is 11.8 Å². The summed E-state index contributed by atoms with van der Waals surface area (Å²) in [5.74, 6) is 1.78. The summed E-state index contributed by atoms with van der Waals surface area (Å²) >= 11 is 1.34. The van der Waals surface area contributed by atoms with E-state index in [4.69, 9.17) is 0 Å². The first-order chi connectivity index (χ1) is 5.72. The van der Waals surface area contributed by atoms with Crippen LogP contribution in [0, 0.1) is 5.88 Å². The number of amides is 1. The largest absolute Gasteiger partial charge is 0.450 e. The highest BCUT2D eigenvalue weighted by Gasteiger charge is 2.14. The molecule has 0 fully saturated rings. The van der Waals surface area contributed by atoms with Crippen molar-refractivity contribution in [1.29, 1.82) is 0 Å². The van der Waals surface area contributed by atoms with E-state index in [9.17, 15) is 4.79 Å². The zero-order valence-corrected chi connectivity index (χ0v) is 7.72. The third-order valence-corrected chi connectivity index (χ3v) is 1.87. The second kappa shape index (κ2) is 4.20. The van der Waals surface area contributed by atoms with Gasteiger partial charge in [-0.25, -0.2) is 4.79 Å². The van der Waals surface area contributed by atoms with Crippen LogP contribution in [0.1, 0.15) is 6.92 Å². The summed E-state index contributed by atoms with van der Waals surface area (Å²) in [6.07, 6.45) is -0.465. The van der Waals surface area contributed by atoms with Gasteiger partial charge in [-0.1, -0.05) is 11.8 Å². The topological polar surface area (TPSA) is 53.9 Å². The third-order valence-electron chi connectivity index (χ3n) is 1.05. The minimum absolute atomic E-state index is 0.364. The molecule has 0 saturated carbocycles. The number of carbonyl (C=O) groups is 1. The fraction of sp³-hybridized carbons (Fsp3) is 0.500. The van der Waals surface area contributed by atoms with Gasteiger partial charge in [0.05, 0.1) is 6.61 Å². The molecule has 1 heterocycles. The van der Waals surface area contributed by atoms with E-state index in [2.05, 4.69) is 15.2 Å². The van der Waals surface area contributed by atoms with E-state index in [1.165, 1.54) is 11.8 Å². The SMILES string of the molecule is CCOC(=O)NC1=NN(C)[CH]S1. The van der Waals surface area contributed by atoms with Gasteiger partial charge in [0.15, 0.2) is 5.17 Å². The molecule has 67 valence electrons. The summed E-state index contributed by atoms with van der Waals surface area (Å²) < 4.78 is 4.66. The van der Waals surface area contributed by atoms with E-state index in [1.807, 2.05) is 0 Å². The van der Waals surface area contributed by atoms with Crippen molar-refractivity contribution in [2.75, 3.05) is 13.7 Å². The molecule has 0 aromatic rings. The molecule has 0 unspecified atom stereocenters. The molecule has 5 nitrogen and oxygen atoms in total. The smallest absolute Gasteiger partial charge is 0.413 e. The fourth-order valence-electron chi connectivity index (χ4n) is 0.626. The van der Waals surface area contributed by atoms with Crippen molar-refractivity contribution in [2.45, 2.75) is 6.92 Å². The summed E-state index contributed by atoms with van der Waals surface area (Å²) in [6, 6.07) is 0. The normalized spacial score (nSPS) is 15.8. The van der Waals surface area contributed by atoms with Crippen LogP contribution in [0.15, 0.2) is 5.10 Å². The van der Waals surface area contributed by atoms with Crippen molar-refractivity contribution in [3.63, 3.8) is 0 Å². The van der Waals surface area contributed by atoms with Crippen LogP contribution in [0.4, 0.5) is 4.79 Å². The van der Waals surface area contributed by atoms with Crippen LogP contribution in [0.2, 0.25) is 0 Å². The molecule has 0 aliphatic carbocycles. The first-order valence-corrected chi connectivity index (χ1v) is 4.35. The average Bonchev–Trinajstić information content (AvgIpc) is 2.36. The standard InChI is InChI=1S/C6H10N3O2S/c1-3-11-6(10)7-5-8-9(2)4-12-5/h4H,3H2,1-2H3,(H,7,8,10). The van der Waals surface area contributed by atoms with Gasteiger partial charge in [-0.3, -0.25) is 10.3 Å². The van der Waals surface area contributed by atoms with Gasteiger partial charge in [0.1, 0.15) is 5.88 Å². The van der Waals surface area contributed by atoms with Crippen molar-refractivity contribution in [1.82, 2.24) is 10.3 Å². The predicted octanol–water partition coefficient (Wildman–Crippen LogP) is 0.801. The monoisotopic (exact) mass is 188 g/mol.